The molecular weight excluding hydrogens is 424 g/mol. The highest BCUT2D eigenvalue weighted by Gasteiger charge is 2.17. The number of nitrogens with one attached hydrogen (secondary N) is 2. The topological polar surface area (TPSA) is 64.7 Å². The number of carbonyl (C=O) groups excluding carboxylic acids is 2. The number of para-hydroxylation sites is 1. The van der Waals surface area contributed by atoms with Crippen LogP contribution in [0.5, 0.6) is 0 Å². The van der Waals surface area contributed by atoms with Gasteiger partial charge in [-0.25, -0.2) is 0 Å². The largest absolute Gasteiger partial charge is 0.352 e. The molecule has 1 aliphatic heterocycles. The Hall–Kier alpha value is -3.48. The second-order valence-corrected chi connectivity index (χ2v) is 8.58. The van der Waals surface area contributed by atoms with E-state index in [-0.39, 0.29) is 11.8 Å². The van der Waals surface area contributed by atoms with Crippen LogP contribution in [0.15, 0.2) is 84.9 Å². The summed E-state index contributed by atoms with van der Waals surface area (Å²) >= 11 is 0. The van der Waals surface area contributed by atoms with Crippen molar-refractivity contribution in [1.82, 2.24) is 15.1 Å². The molecule has 6 nitrogen and oxygen atoms in total. The molecule has 0 aromatic heterocycles. The van der Waals surface area contributed by atoms with E-state index in [0.717, 1.165) is 45.7 Å². The molecule has 0 bridgehead atoms. The van der Waals surface area contributed by atoms with Crippen molar-refractivity contribution in [3.8, 4) is 0 Å². The Kier molecular flexibility index (Phi) is 8.43. The first-order valence-corrected chi connectivity index (χ1v) is 11.9. The first kappa shape index (κ1) is 23.7. The summed E-state index contributed by atoms with van der Waals surface area (Å²) in [5.41, 5.74) is 2.91. The molecule has 176 valence electrons. The minimum Gasteiger partial charge on any atom is -0.352 e. The average Bonchev–Trinajstić information content (AvgIpc) is 2.89. The Morgan fingerprint density at radius 2 is 1.32 bits per heavy atom. The second kappa shape index (κ2) is 12.1. The normalized spacial score (nSPS) is 14.5. The third-order valence-corrected chi connectivity index (χ3v) is 6.11. The van der Waals surface area contributed by atoms with Gasteiger partial charge in [0.1, 0.15) is 0 Å². The zero-order valence-corrected chi connectivity index (χ0v) is 19.5. The zero-order valence-electron chi connectivity index (χ0n) is 19.5. The molecule has 0 aliphatic carbocycles. The summed E-state index contributed by atoms with van der Waals surface area (Å²) in [4.78, 5) is 30.2. The summed E-state index contributed by atoms with van der Waals surface area (Å²) in [6, 6.07) is 26.7. The molecule has 1 heterocycles. The van der Waals surface area contributed by atoms with E-state index < -0.39 is 0 Å². The maximum atomic E-state index is 12.8. The number of rotatable bonds is 9. The molecular formula is C28H32N4O2. The molecule has 2 N–H and O–H groups in total. The lowest BCUT2D eigenvalue weighted by Crippen LogP contribution is -2.46. The maximum absolute atomic E-state index is 12.8. The number of anilines is 1. The monoisotopic (exact) mass is 456 g/mol. The molecule has 0 spiro atoms. The lowest BCUT2D eigenvalue weighted by Gasteiger charge is -2.34. The molecule has 2 amide bonds. The van der Waals surface area contributed by atoms with Crippen molar-refractivity contribution in [1.29, 1.82) is 0 Å². The molecule has 4 rings (SSSR count). The van der Waals surface area contributed by atoms with Gasteiger partial charge in [-0.2, -0.15) is 0 Å². The van der Waals surface area contributed by atoms with Gasteiger partial charge in [0.15, 0.2) is 0 Å². The molecule has 34 heavy (non-hydrogen) atoms. The SMILES string of the molecule is O=C(Nc1ccccc1C(=O)NCCCN1CCN(Cc2ccccc2)CC1)c1ccccc1. The van der Waals surface area contributed by atoms with Crippen LogP contribution in [-0.4, -0.2) is 60.9 Å². The van der Waals surface area contributed by atoms with Crippen molar-refractivity contribution in [3.63, 3.8) is 0 Å². The van der Waals surface area contributed by atoms with Crippen molar-refractivity contribution >= 4 is 17.5 Å². The van der Waals surface area contributed by atoms with E-state index in [2.05, 4.69) is 50.8 Å². The average molecular weight is 457 g/mol. The molecule has 6 heteroatoms. The number of amides is 2. The number of piperazine rings is 1. The Morgan fingerprint density at radius 1 is 0.706 bits per heavy atom. The molecule has 1 saturated heterocycles. The lowest BCUT2D eigenvalue weighted by atomic mass is 10.1. The molecule has 0 atom stereocenters. The van der Waals surface area contributed by atoms with E-state index in [1.165, 1.54) is 5.56 Å². The van der Waals surface area contributed by atoms with Gasteiger partial charge in [-0.15, -0.1) is 0 Å². The van der Waals surface area contributed by atoms with Crippen LogP contribution in [0.2, 0.25) is 0 Å². The van der Waals surface area contributed by atoms with Gasteiger partial charge in [-0.3, -0.25) is 14.5 Å². The van der Waals surface area contributed by atoms with Crippen molar-refractivity contribution < 1.29 is 9.59 Å². The summed E-state index contributed by atoms with van der Waals surface area (Å²) in [6.45, 7) is 6.80. The first-order chi connectivity index (χ1) is 16.7. The van der Waals surface area contributed by atoms with Crippen molar-refractivity contribution in [2.75, 3.05) is 44.6 Å². The third kappa shape index (κ3) is 6.76. The number of benzene rings is 3. The first-order valence-electron chi connectivity index (χ1n) is 11.9. The predicted octanol–water partition coefficient (Wildman–Crippen LogP) is 3.88. The summed E-state index contributed by atoms with van der Waals surface area (Å²) in [6.07, 6.45) is 0.892. The fraction of sp³-hybridized carbons (Fsp3) is 0.286. The van der Waals surface area contributed by atoms with Gasteiger partial charge >= 0.3 is 0 Å². The van der Waals surface area contributed by atoms with Gasteiger partial charge < -0.3 is 15.5 Å². The molecule has 0 radical (unpaired) electrons. The number of nitrogens with zero attached hydrogens (tertiary/aromatic N) is 2. The summed E-state index contributed by atoms with van der Waals surface area (Å²) in [7, 11) is 0. The highest BCUT2D eigenvalue weighted by Crippen LogP contribution is 2.16. The summed E-state index contributed by atoms with van der Waals surface area (Å²) in [5, 5.41) is 5.86. The van der Waals surface area contributed by atoms with E-state index >= 15 is 0 Å². The van der Waals surface area contributed by atoms with E-state index in [0.29, 0.717) is 23.4 Å². The maximum Gasteiger partial charge on any atom is 0.255 e. The van der Waals surface area contributed by atoms with Crippen LogP contribution < -0.4 is 10.6 Å². The predicted molar refractivity (Wildman–Crippen MR) is 136 cm³/mol. The third-order valence-electron chi connectivity index (χ3n) is 6.11. The summed E-state index contributed by atoms with van der Waals surface area (Å²) in [5.74, 6) is -0.399. The molecule has 1 aliphatic rings. The Morgan fingerprint density at radius 3 is 2.06 bits per heavy atom. The van der Waals surface area contributed by atoms with Gasteiger partial charge in [-0.05, 0) is 42.8 Å². The number of carbonyl (C=O) groups is 2. The van der Waals surface area contributed by atoms with E-state index in [1.54, 1.807) is 24.3 Å². The Bertz CT molecular complexity index is 1060. The van der Waals surface area contributed by atoms with Crippen molar-refractivity contribution in [2.24, 2.45) is 0 Å². The van der Waals surface area contributed by atoms with Crippen LogP contribution >= 0.6 is 0 Å². The minimum absolute atomic E-state index is 0.170. The molecule has 3 aromatic carbocycles. The highest BCUT2D eigenvalue weighted by atomic mass is 16.2. The van der Waals surface area contributed by atoms with Crippen LogP contribution in [-0.2, 0) is 6.54 Å². The van der Waals surface area contributed by atoms with Crippen LogP contribution in [0.4, 0.5) is 5.69 Å². The van der Waals surface area contributed by atoms with Gasteiger partial charge in [-0.1, -0.05) is 60.7 Å². The quantitative estimate of drug-likeness (QED) is 0.480. The van der Waals surface area contributed by atoms with Crippen LogP contribution in [0.3, 0.4) is 0 Å². The molecule has 1 fully saturated rings. The van der Waals surface area contributed by atoms with Crippen LogP contribution in [0.25, 0.3) is 0 Å². The standard InChI is InChI=1S/C28H32N4O2/c33-27(24-12-5-2-6-13-24)30-26-15-8-7-14-25(26)28(34)29-16-9-17-31-18-20-32(21-19-31)22-23-10-3-1-4-11-23/h1-8,10-15H,9,16-22H2,(H,29,34)(H,30,33). The van der Waals surface area contributed by atoms with Crippen LogP contribution in [0, 0.1) is 0 Å². The van der Waals surface area contributed by atoms with E-state index in [1.807, 2.05) is 30.3 Å². The van der Waals surface area contributed by atoms with E-state index in [9.17, 15) is 9.59 Å². The fourth-order valence-electron chi connectivity index (χ4n) is 4.19. The van der Waals surface area contributed by atoms with E-state index in [4.69, 9.17) is 0 Å². The summed E-state index contributed by atoms with van der Waals surface area (Å²) < 4.78 is 0. The van der Waals surface area contributed by atoms with Crippen molar-refractivity contribution in [2.45, 2.75) is 13.0 Å². The second-order valence-electron chi connectivity index (χ2n) is 8.58. The van der Waals surface area contributed by atoms with Crippen LogP contribution in [0.1, 0.15) is 32.7 Å². The minimum atomic E-state index is -0.229. The Labute approximate surface area is 201 Å². The van der Waals surface area contributed by atoms with Crippen molar-refractivity contribution in [3.05, 3.63) is 102 Å². The number of hydrogen-bond acceptors (Lipinski definition) is 4. The van der Waals surface area contributed by atoms with Gasteiger partial charge in [0.25, 0.3) is 11.8 Å². The highest BCUT2D eigenvalue weighted by molar-refractivity contribution is 6.08. The lowest BCUT2D eigenvalue weighted by molar-refractivity contribution is 0.0948. The molecule has 0 unspecified atom stereocenters. The number of hydrogen-bond donors (Lipinski definition) is 2. The van der Waals surface area contributed by atoms with Gasteiger partial charge in [0, 0.05) is 44.8 Å². The van der Waals surface area contributed by atoms with Gasteiger partial charge in [0.2, 0.25) is 0 Å². The zero-order chi connectivity index (χ0) is 23.6. The smallest absolute Gasteiger partial charge is 0.255 e. The fourth-order valence-corrected chi connectivity index (χ4v) is 4.19. The molecule has 3 aromatic rings. The Balaban J connectivity index is 1.19. The molecule has 0 saturated carbocycles. The van der Waals surface area contributed by atoms with Gasteiger partial charge in [0.05, 0.1) is 11.3 Å².